The lowest BCUT2D eigenvalue weighted by atomic mass is 10.1. The molecule has 6 heteroatoms. The molecule has 2 rings (SSSR count). The van der Waals surface area contributed by atoms with Gasteiger partial charge in [0.2, 0.25) is 5.91 Å². The van der Waals surface area contributed by atoms with Crippen molar-refractivity contribution in [1.29, 1.82) is 0 Å². The zero-order valence-electron chi connectivity index (χ0n) is 12.9. The Hall–Kier alpha value is -1.53. The number of rotatable bonds is 6. The van der Waals surface area contributed by atoms with Gasteiger partial charge in [-0.2, -0.15) is 0 Å². The average Bonchev–Trinajstić information content (AvgIpc) is 2.70. The summed E-state index contributed by atoms with van der Waals surface area (Å²) in [5.74, 6) is 0.612. The molecule has 0 aromatic heterocycles. The molecule has 0 saturated carbocycles. The van der Waals surface area contributed by atoms with Crippen LogP contribution in [0.1, 0.15) is 43.0 Å². The summed E-state index contributed by atoms with van der Waals surface area (Å²) in [5.41, 5.74) is 6.99. The average molecular weight is 321 g/mol. The van der Waals surface area contributed by atoms with Gasteiger partial charge in [0.15, 0.2) is 0 Å². The largest absolute Gasteiger partial charge is 0.348 e. The van der Waals surface area contributed by atoms with E-state index in [0.29, 0.717) is 18.5 Å². The van der Waals surface area contributed by atoms with Crippen molar-refractivity contribution in [1.82, 2.24) is 5.32 Å². The van der Waals surface area contributed by atoms with Gasteiger partial charge in [-0.15, -0.1) is 11.8 Å². The zero-order valence-corrected chi connectivity index (χ0v) is 13.7. The van der Waals surface area contributed by atoms with Gasteiger partial charge in [-0.05, 0) is 24.6 Å². The number of fused-ring (bicyclic) bond motifs is 1. The van der Waals surface area contributed by atoms with E-state index in [1.807, 2.05) is 6.07 Å². The van der Waals surface area contributed by atoms with E-state index in [2.05, 4.69) is 17.6 Å². The maximum absolute atomic E-state index is 12.3. The lowest BCUT2D eigenvalue weighted by Gasteiger charge is -2.17. The number of carbonyl (C=O) groups is 2. The number of benzene rings is 1. The summed E-state index contributed by atoms with van der Waals surface area (Å²) in [4.78, 5) is 25.0. The quantitative estimate of drug-likeness (QED) is 0.751. The fourth-order valence-corrected chi connectivity index (χ4v) is 3.27. The Balaban J connectivity index is 2.08. The van der Waals surface area contributed by atoms with Crippen LogP contribution in [0.25, 0.3) is 0 Å². The van der Waals surface area contributed by atoms with Crippen molar-refractivity contribution in [3.8, 4) is 0 Å². The van der Waals surface area contributed by atoms with Crippen LogP contribution < -0.4 is 16.4 Å². The topological polar surface area (TPSA) is 84.2 Å². The lowest BCUT2D eigenvalue weighted by Crippen LogP contribution is -2.40. The van der Waals surface area contributed by atoms with Crippen LogP contribution in [-0.2, 0) is 4.79 Å². The lowest BCUT2D eigenvalue weighted by molar-refractivity contribution is -0.115. The van der Waals surface area contributed by atoms with Gasteiger partial charge in [0.1, 0.15) is 0 Å². The summed E-state index contributed by atoms with van der Waals surface area (Å²) >= 11 is 1.63. The van der Waals surface area contributed by atoms with Crippen LogP contribution in [0.15, 0.2) is 23.1 Å². The van der Waals surface area contributed by atoms with Crippen molar-refractivity contribution in [2.45, 2.75) is 43.5 Å². The first-order valence-corrected chi connectivity index (χ1v) is 8.70. The molecule has 5 nitrogen and oxygen atoms in total. The Bertz CT molecular complexity index is 548. The number of nitrogens with one attached hydrogen (secondary N) is 2. The molecule has 1 aromatic rings. The number of unbranched alkanes of at least 4 members (excludes halogenated alkanes) is 1. The molecule has 0 aliphatic carbocycles. The van der Waals surface area contributed by atoms with Crippen molar-refractivity contribution < 1.29 is 9.59 Å². The van der Waals surface area contributed by atoms with Crippen LogP contribution in [0.4, 0.5) is 5.69 Å². The summed E-state index contributed by atoms with van der Waals surface area (Å²) in [7, 11) is 0. The molecule has 0 spiro atoms. The van der Waals surface area contributed by atoms with E-state index in [-0.39, 0.29) is 17.9 Å². The minimum absolute atomic E-state index is 0.00442. The van der Waals surface area contributed by atoms with E-state index in [1.54, 1.807) is 23.9 Å². The fraction of sp³-hybridized carbons (Fsp3) is 0.500. The Morgan fingerprint density at radius 1 is 1.50 bits per heavy atom. The molecule has 1 aromatic carbocycles. The maximum atomic E-state index is 12.3. The van der Waals surface area contributed by atoms with Crippen LogP contribution >= 0.6 is 11.8 Å². The highest BCUT2D eigenvalue weighted by atomic mass is 32.2. The first kappa shape index (κ1) is 16.8. The summed E-state index contributed by atoms with van der Waals surface area (Å²) in [5, 5.41) is 5.82. The summed E-state index contributed by atoms with van der Waals surface area (Å²) < 4.78 is 0. The molecule has 2 amide bonds. The third kappa shape index (κ3) is 4.48. The molecule has 22 heavy (non-hydrogen) atoms. The smallest absolute Gasteiger partial charge is 0.251 e. The van der Waals surface area contributed by atoms with Crippen LogP contribution in [0.3, 0.4) is 0 Å². The van der Waals surface area contributed by atoms with Crippen LogP contribution in [0.2, 0.25) is 0 Å². The molecule has 4 N–H and O–H groups in total. The van der Waals surface area contributed by atoms with Crippen molar-refractivity contribution in [2.75, 3.05) is 17.6 Å². The fourth-order valence-electron chi connectivity index (χ4n) is 2.33. The molecular formula is C16H23N3O2S. The molecule has 0 radical (unpaired) electrons. The molecule has 0 bridgehead atoms. The van der Waals surface area contributed by atoms with Gasteiger partial charge in [-0.3, -0.25) is 9.59 Å². The van der Waals surface area contributed by atoms with Gasteiger partial charge in [-0.25, -0.2) is 0 Å². The Kier molecular flexibility index (Phi) is 6.27. The number of anilines is 1. The van der Waals surface area contributed by atoms with Gasteiger partial charge in [0, 0.05) is 35.2 Å². The Labute approximate surface area is 135 Å². The second-order valence-corrected chi connectivity index (χ2v) is 6.54. The van der Waals surface area contributed by atoms with E-state index in [9.17, 15) is 9.59 Å². The van der Waals surface area contributed by atoms with Gasteiger partial charge in [0.05, 0.1) is 5.69 Å². The summed E-state index contributed by atoms with van der Waals surface area (Å²) in [6, 6.07) is 5.43. The van der Waals surface area contributed by atoms with E-state index >= 15 is 0 Å². The third-order valence-corrected chi connectivity index (χ3v) is 4.70. The molecule has 0 saturated heterocycles. The van der Waals surface area contributed by atoms with E-state index in [1.165, 1.54) is 0 Å². The Morgan fingerprint density at radius 3 is 3.05 bits per heavy atom. The van der Waals surface area contributed by atoms with Crippen LogP contribution in [-0.4, -0.2) is 30.2 Å². The number of nitrogens with two attached hydrogens (primary N) is 1. The number of hydrogen-bond acceptors (Lipinski definition) is 4. The monoisotopic (exact) mass is 321 g/mol. The molecule has 1 unspecified atom stereocenters. The predicted octanol–water partition coefficient (Wildman–Crippen LogP) is 2.37. The second kappa shape index (κ2) is 8.19. The van der Waals surface area contributed by atoms with Gasteiger partial charge in [0.25, 0.3) is 5.91 Å². The standard InChI is InChI=1S/C16H23N3O2S/c1-2-3-4-12(10-17)18-16(21)11-5-6-14-13(9-11)19-15(20)7-8-22-14/h5-6,9,12H,2-4,7-8,10,17H2,1H3,(H,18,21)(H,19,20). The molecule has 1 heterocycles. The van der Waals surface area contributed by atoms with Crippen molar-refractivity contribution in [2.24, 2.45) is 5.73 Å². The minimum Gasteiger partial charge on any atom is -0.348 e. The summed E-state index contributed by atoms with van der Waals surface area (Å²) in [6.45, 7) is 2.55. The van der Waals surface area contributed by atoms with E-state index in [4.69, 9.17) is 5.73 Å². The highest BCUT2D eigenvalue weighted by Gasteiger charge is 2.17. The van der Waals surface area contributed by atoms with Gasteiger partial charge < -0.3 is 16.4 Å². The van der Waals surface area contributed by atoms with Crippen LogP contribution in [0, 0.1) is 0 Å². The van der Waals surface area contributed by atoms with Gasteiger partial charge >= 0.3 is 0 Å². The maximum Gasteiger partial charge on any atom is 0.251 e. The number of thioether (sulfide) groups is 1. The Morgan fingerprint density at radius 2 is 2.32 bits per heavy atom. The highest BCUT2D eigenvalue weighted by Crippen LogP contribution is 2.31. The van der Waals surface area contributed by atoms with Gasteiger partial charge in [-0.1, -0.05) is 19.8 Å². The number of carbonyl (C=O) groups excluding carboxylic acids is 2. The predicted molar refractivity (Wildman–Crippen MR) is 90.2 cm³/mol. The number of amides is 2. The highest BCUT2D eigenvalue weighted by molar-refractivity contribution is 7.99. The van der Waals surface area contributed by atoms with Crippen LogP contribution in [0.5, 0.6) is 0 Å². The minimum atomic E-state index is -0.141. The zero-order chi connectivity index (χ0) is 15.9. The third-order valence-electron chi connectivity index (χ3n) is 3.63. The van der Waals surface area contributed by atoms with Crippen molar-refractivity contribution in [3.63, 3.8) is 0 Å². The molecule has 0 fully saturated rings. The molecule has 120 valence electrons. The molecule has 1 aliphatic heterocycles. The molecule has 1 aliphatic rings. The normalized spacial score (nSPS) is 15.5. The molecular weight excluding hydrogens is 298 g/mol. The first-order chi connectivity index (χ1) is 10.6. The first-order valence-electron chi connectivity index (χ1n) is 7.71. The van der Waals surface area contributed by atoms with Crippen molar-refractivity contribution >= 4 is 29.3 Å². The number of hydrogen-bond donors (Lipinski definition) is 3. The molecule has 1 atom stereocenters. The SMILES string of the molecule is CCCCC(CN)NC(=O)c1ccc2c(c1)NC(=O)CCS2. The van der Waals surface area contributed by atoms with E-state index in [0.717, 1.165) is 35.6 Å². The summed E-state index contributed by atoms with van der Waals surface area (Å²) in [6.07, 6.45) is 3.50. The van der Waals surface area contributed by atoms with E-state index < -0.39 is 0 Å². The van der Waals surface area contributed by atoms with Crippen molar-refractivity contribution in [3.05, 3.63) is 23.8 Å². The second-order valence-electron chi connectivity index (χ2n) is 5.41.